The normalized spacial score (nSPS) is 20.5. The molecule has 4 amide bonds. The van der Waals surface area contributed by atoms with Crippen molar-refractivity contribution >= 4 is 23.8 Å². The highest BCUT2D eigenvalue weighted by atomic mass is 16.6. The van der Waals surface area contributed by atoms with Crippen LogP contribution in [0.2, 0.25) is 0 Å². The van der Waals surface area contributed by atoms with Gasteiger partial charge >= 0.3 is 6.09 Å². The Labute approximate surface area is 175 Å². The molecule has 9 heteroatoms. The summed E-state index contributed by atoms with van der Waals surface area (Å²) >= 11 is 0. The Hall–Kier alpha value is -2.97. The molecular formula is C21H28N4O5. The van der Waals surface area contributed by atoms with Crippen molar-refractivity contribution in [2.75, 3.05) is 13.1 Å². The first-order valence-electron chi connectivity index (χ1n) is 10.2. The average Bonchev–Trinajstić information content (AvgIpc) is 2.69. The molecular weight excluding hydrogens is 388 g/mol. The van der Waals surface area contributed by atoms with Gasteiger partial charge in [0.05, 0.1) is 0 Å². The fourth-order valence-corrected chi connectivity index (χ4v) is 3.57. The number of hydrogen-bond acceptors (Lipinski definition) is 6. The van der Waals surface area contributed by atoms with E-state index in [0.717, 1.165) is 18.4 Å². The Bertz CT molecular complexity index is 823. The van der Waals surface area contributed by atoms with Gasteiger partial charge < -0.3 is 15.0 Å². The van der Waals surface area contributed by atoms with E-state index in [9.17, 15) is 19.2 Å². The van der Waals surface area contributed by atoms with Crippen LogP contribution in [0.15, 0.2) is 18.3 Å². The second kappa shape index (κ2) is 8.81. The molecule has 9 nitrogen and oxygen atoms in total. The van der Waals surface area contributed by atoms with Gasteiger partial charge in [-0.25, -0.2) is 4.79 Å². The van der Waals surface area contributed by atoms with E-state index in [1.165, 1.54) is 0 Å². The van der Waals surface area contributed by atoms with Gasteiger partial charge in [0.15, 0.2) is 0 Å². The summed E-state index contributed by atoms with van der Waals surface area (Å²) in [5.41, 5.74) is 0.716. The largest absolute Gasteiger partial charge is 0.444 e. The molecule has 3 heterocycles. The van der Waals surface area contributed by atoms with Crippen LogP contribution in [-0.2, 0) is 14.3 Å². The fourth-order valence-electron chi connectivity index (χ4n) is 3.57. The number of aromatic nitrogens is 1. The Morgan fingerprint density at radius 1 is 1.17 bits per heavy atom. The predicted molar refractivity (Wildman–Crippen MR) is 108 cm³/mol. The van der Waals surface area contributed by atoms with Gasteiger partial charge in [-0.05, 0) is 57.6 Å². The summed E-state index contributed by atoms with van der Waals surface area (Å²) in [6, 6.07) is 2.77. The number of hydrogen-bond donors (Lipinski definition) is 2. The van der Waals surface area contributed by atoms with Gasteiger partial charge in [0.1, 0.15) is 17.3 Å². The molecule has 1 aromatic heterocycles. The number of amides is 4. The quantitative estimate of drug-likeness (QED) is 0.725. The average molecular weight is 416 g/mol. The maximum absolute atomic E-state index is 12.4. The molecule has 2 saturated heterocycles. The van der Waals surface area contributed by atoms with Crippen molar-refractivity contribution in [3.05, 3.63) is 29.6 Å². The topological polar surface area (TPSA) is 118 Å². The van der Waals surface area contributed by atoms with E-state index in [-0.39, 0.29) is 36.5 Å². The zero-order chi connectivity index (χ0) is 21.9. The van der Waals surface area contributed by atoms with E-state index >= 15 is 0 Å². The molecule has 2 fully saturated rings. The Morgan fingerprint density at radius 3 is 2.43 bits per heavy atom. The molecule has 2 N–H and O–H groups in total. The van der Waals surface area contributed by atoms with Crippen molar-refractivity contribution < 1.29 is 23.9 Å². The van der Waals surface area contributed by atoms with Crippen LogP contribution in [0, 0.1) is 0 Å². The number of imide groups is 1. The van der Waals surface area contributed by atoms with Crippen LogP contribution in [-0.4, -0.2) is 58.4 Å². The monoisotopic (exact) mass is 416 g/mol. The summed E-state index contributed by atoms with van der Waals surface area (Å²) in [6.07, 6.45) is 3.45. The highest BCUT2D eigenvalue weighted by Crippen LogP contribution is 2.28. The fraction of sp³-hybridized carbons (Fsp3) is 0.571. The summed E-state index contributed by atoms with van der Waals surface area (Å²) in [4.78, 5) is 53.5. The van der Waals surface area contributed by atoms with Crippen LogP contribution in [0.1, 0.15) is 68.4 Å². The molecule has 0 bridgehead atoms. The lowest BCUT2D eigenvalue weighted by Gasteiger charge is -2.33. The zero-order valence-corrected chi connectivity index (χ0v) is 17.6. The number of nitrogens with zero attached hydrogens (tertiary/aromatic N) is 2. The van der Waals surface area contributed by atoms with Crippen molar-refractivity contribution in [1.82, 2.24) is 20.5 Å². The first kappa shape index (κ1) is 21.7. The van der Waals surface area contributed by atoms with Gasteiger partial charge in [-0.1, -0.05) is 6.07 Å². The van der Waals surface area contributed by atoms with Gasteiger partial charge in [-0.2, -0.15) is 0 Å². The molecule has 1 atom stereocenters. The lowest BCUT2D eigenvalue weighted by atomic mass is 9.90. The van der Waals surface area contributed by atoms with Crippen molar-refractivity contribution in [2.45, 2.75) is 64.0 Å². The number of ether oxygens (including phenoxy) is 1. The van der Waals surface area contributed by atoms with E-state index < -0.39 is 23.5 Å². The lowest BCUT2D eigenvalue weighted by Crippen LogP contribution is -2.52. The number of likely N-dealkylation sites (tertiary alicyclic amines) is 1. The minimum atomic E-state index is -0.728. The summed E-state index contributed by atoms with van der Waals surface area (Å²) in [5, 5.41) is 4.83. The number of carbonyl (C=O) groups excluding carboxylic acids is 4. The standard InChI is InChI=1S/C21H28N4O5/c1-21(2,3)30-20(29)25-10-8-13(9-11-25)14-4-5-15(22-12-14)18(27)23-16-6-7-17(26)24-19(16)28/h4-5,12-13,16H,6-11H2,1-3H3,(H,23,27)(H,24,26,28)/t16-/m0/s1. The molecule has 162 valence electrons. The number of nitrogens with one attached hydrogen (secondary N) is 2. The van der Waals surface area contributed by atoms with Gasteiger partial charge in [0.25, 0.3) is 5.91 Å². The van der Waals surface area contributed by atoms with Crippen molar-refractivity contribution in [2.24, 2.45) is 0 Å². The van der Waals surface area contributed by atoms with Crippen molar-refractivity contribution in [3.8, 4) is 0 Å². The van der Waals surface area contributed by atoms with Crippen LogP contribution < -0.4 is 10.6 Å². The van der Waals surface area contributed by atoms with E-state index in [1.807, 2.05) is 26.8 Å². The maximum Gasteiger partial charge on any atom is 0.410 e. The second-order valence-corrected chi connectivity index (χ2v) is 8.70. The van der Waals surface area contributed by atoms with E-state index in [4.69, 9.17) is 4.74 Å². The third kappa shape index (κ3) is 5.55. The first-order chi connectivity index (χ1) is 14.1. The smallest absolute Gasteiger partial charge is 0.410 e. The maximum atomic E-state index is 12.4. The summed E-state index contributed by atoms with van der Waals surface area (Å²) in [6.45, 7) is 6.76. The molecule has 0 aliphatic carbocycles. The molecule has 2 aliphatic rings. The Kier molecular flexibility index (Phi) is 6.38. The summed E-state index contributed by atoms with van der Waals surface area (Å²) in [5.74, 6) is -1.02. The van der Waals surface area contributed by atoms with Crippen LogP contribution in [0.25, 0.3) is 0 Å². The van der Waals surface area contributed by atoms with E-state index in [1.54, 1.807) is 17.2 Å². The van der Waals surface area contributed by atoms with E-state index in [0.29, 0.717) is 13.1 Å². The van der Waals surface area contributed by atoms with Crippen LogP contribution in [0.5, 0.6) is 0 Å². The minimum Gasteiger partial charge on any atom is -0.444 e. The SMILES string of the molecule is CC(C)(C)OC(=O)N1CCC(c2ccc(C(=O)N[C@H]3CCC(=O)NC3=O)nc2)CC1. The first-order valence-corrected chi connectivity index (χ1v) is 10.2. The number of pyridine rings is 1. The summed E-state index contributed by atoms with van der Waals surface area (Å²) < 4.78 is 5.42. The third-order valence-electron chi connectivity index (χ3n) is 5.18. The molecule has 0 unspecified atom stereocenters. The molecule has 0 radical (unpaired) electrons. The number of piperidine rings is 2. The number of rotatable bonds is 3. The molecule has 0 aromatic carbocycles. The lowest BCUT2D eigenvalue weighted by molar-refractivity contribution is -0.134. The van der Waals surface area contributed by atoms with Gasteiger partial charge in [-0.3, -0.25) is 24.7 Å². The third-order valence-corrected chi connectivity index (χ3v) is 5.18. The molecule has 0 spiro atoms. The van der Waals surface area contributed by atoms with Crippen LogP contribution in [0.3, 0.4) is 0 Å². The Morgan fingerprint density at radius 2 is 1.87 bits per heavy atom. The Balaban J connectivity index is 1.52. The van der Waals surface area contributed by atoms with Crippen molar-refractivity contribution in [1.29, 1.82) is 0 Å². The molecule has 3 rings (SSSR count). The van der Waals surface area contributed by atoms with Gasteiger partial charge in [-0.15, -0.1) is 0 Å². The van der Waals surface area contributed by atoms with Crippen LogP contribution >= 0.6 is 0 Å². The molecule has 1 aromatic rings. The second-order valence-electron chi connectivity index (χ2n) is 8.70. The summed E-state index contributed by atoms with van der Waals surface area (Å²) in [7, 11) is 0. The highest BCUT2D eigenvalue weighted by molar-refractivity contribution is 6.03. The number of carbonyl (C=O) groups is 4. The van der Waals surface area contributed by atoms with Crippen molar-refractivity contribution in [3.63, 3.8) is 0 Å². The molecule has 2 aliphatic heterocycles. The zero-order valence-electron chi connectivity index (χ0n) is 17.6. The highest BCUT2D eigenvalue weighted by Gasteiger charge is 2.29. The van der Waals surface area contributed by atoms with Gasteiger partial charge in [0, 0.05) is 25.7 Å². The predicted octanol–water partition coefficient (Wildman–Crippen LogP) is 1.73. The van der Waals surface area contributed by atoms with Gasteiger partial charge in [0.2, 0.25) is 11.8 Å². The van der Waals surface area contributed by atoms with E-state index in [2.05, 4.69) is 15.6 Å². The molecule has 0 saturated carbocycles. The minimum absolute atomic E-state index is 0.199. The molecule has 30 heavy (non-hydrogen) atoms. The van der Waals surface area contributed by atoms with Crippen LogP contribution in [0.4, 0.5) is 4.79 Å².